The van der Waals surface area contributed by atoms with Crippen LogP contribution in [0.2, 0.25) is 10.0 Å². The Bertz CT molecular complexity index is 1240. The highest BCUT2D eigenvalue weighted by atomic mass is 79.9. The molecule has 0 heterocycles. The lowest BCUT2D eigenvalue weighted by atomic mass is 10.2. The molecule has 3 rings (SSSR count). The Morgan fingerprint density at radius 1 is 1.03 bits per heavy atom. The Hall–Kier alpha value is -2.23. The van der Waals surface area contributed by atoms with Crippen molar-refractivity contribution in [2.45, 2.75) is 11.4 Å². The molecule has 3 aromatic rings. The van der Waals surface area contributed by atoms with Crippen molar-refractivity contribution in [1.82, 2.24) is 9.73 Å². The number of halogens is 3. The molecular weight excluding hydrogens is 537 g/mol. The number of nitrogens with zero attached hydrogens (tertiary/aromatic N) is 2. The third-order valence-corrected chi connectivity index (χ3v) is 7.29. The average Bonchev–Trinajstić information content (AvgIpc) is 2.75. The number of amides is 1. The molecule has 0 saturated carbocycles. The van der Waals surface area contributed by atoms with Gasteiger partial charge in [-0.2, -0.15) is 9.41 Å². The van der Waals surface area contributed by atoms with Crippen molar-refractivity contribution in [2.24, 2.45) is 5.10 Å². The van der Waals surface area contributed by atoms with Gasteiger partial charge in [0.25, 0.3) is 5.91 Å². The first-order valence-electron chi connectivity index (χ1n) is 9.32. The first kappa shape index (κ1) is 24.4. The van der Waals surface area contributed by atoms with Crippen molar-refractivity contribution >= 4 is 61.3 Å². The van der Waals surface area contributed by atoms with E-state index in [0.29, 0.717) is 5.56 Å². The molecule has 166 valence electrons. The van der Waals surface area contributed by atoms with E-state index in [0.717, 1.165) is 14.3 Å². The number of carbonyl (C=O) groups is 1. The number of hydrazone groups is 1. The number of carbonyl (C=O) groups excluding carboxylic acids is 1. The Balaban J connectivity index is 1.82. The second-order valence-corrected chi connectivity index (χ2v) is 10.3. The topological polar surface area (TPSA) is 78.8 Å². The van der Waals surface area contributed by atoms with E-state index in [1.54, 1.807) is 24.3 Å². The molecule has 0 fully saturated rings. The van der Waals surface area contributed by atoms with E-state index in [2.05, 4.69) is 26.5 Å². The highest BCUT2D eigenvalue weighted by Gasteiger charge is 2.29. The molecule has 10 heteroatoms. The fraction of sp³-hybridized carbons (Fsp3) is 0.0909. The van der Waals surface area contributed by atoms with Gasteiger partial charge in [0.05, 0.1) is 17.8 Å². The van der Waals surface area contributed by atoms with Crippen molar-refractivity contribution in [1.29, 1.82) is 0 Å². The largest absolute Gasteiger partial charge is 0.272 e. The number of rotatable bonds is 8. The van der Waals surface area contributed by atoms with E-state index in [1.807, 2.05) is 30.3 Å². The molecule has 0 unspecified atom stereocenters. The highest BCUT2D eigenvalue weighted by molar-refractivity contribution is 9.10. The second kappa shape index (κ2) is 11.1. The van der Waals surface area contributed by atoms with Crippen LogP contribution in [0.1, 0.15) is 11.1 Å². The molecule has 0 spiro atoms. The fourth-order valence-electron chi connectivity index (χ4n) is 2.79. The Morgan fingerprint density at radius 3 is 2.50 bits per heavy atom. The zero-order valence-electron chi connectivity index (χ0n) is 16.6. The summed E-state index contributed by atoms with van der Waals surface area (Å²) >= 11 is 15.5. The number of sulfonamides is 1. The minimum absolute atomic E-state index is 0.0144. The fourth-order valence-corrected chi connectivity index (χ4v) is 5.33. The smallest absolute Gasteiger partial charge is 0.255 e. The predicted molar refractivity (Wildman–Crippen MR) is 130 cm³/mol. The predicted octanol–water partition coefficient (Wildman–Crippen LogP) is 5.10. The van der Waals surface area contributed by atoms with E-state index in [4.69, 9.17) is 23.2 Å². The molecule has 0 saturated heterocycles. The van der Waals surface area contributed by atoms with Crippen LogP contribution >= 0.6 is 39.1 Å². The van der Waals surface area contributed by atoms with Crippen molar-refractivity contribution in [3.8, 4) is 0 Å². The minimum atomic E-state index is -4.13. The lowest BCUT2D eigenvalue weighted by Crippen LogP contribution is -2.39. The van der Waals surface area contributed by atoms with E-state index >= 15 is 0 Å². The number of benzene rings is 3. The van der Waals surface area contributed by atoms with Crippen LogP contribution in [0.15, 0.2) is 87.3 Å². The molecule has 0 atom stereocenters. The monoisotopic (exact) mass is 553 g/mol. The van der Waals surface area contributed by atoms with E-state index in [-0.39, 0.29) is 21.5 Å². The van der Waals surface area contributed by atoms with Crippen LogP contribution in [0.5, 0.6) is 0 Å². The average molecular weight is 555 g/mol. The first-order chi connectivity index (χ1) is 15.3. The summed E-state index contributed by atoms with van der Waals surface area (Å²) in [6.45, 7) is -0.495. The van der Waals surface area contributed by atoms with Crippen molar-refractivity contribution in [3.63, 3.8) is 0 Å². The summed E-state index contributed by atoms with van der Waals surface area (Å²) in [5, 5.41) is 4.15. The zero-order chi connectivity index (χ0) is 23.1. The molecular formula is C22H18BrCl2N3O3S. The molecule has 0 aromatic heterocycles. The van der Waals surface area contributed by atoms with Gasteiger partial charge in [0, 0.05) is 16.0 Å². The quantitative estimate of drug-likeness (QED) is 0.311. The molecule has 0 aliphatic heterocycles. The van der Waals surface area contributed by atoms with Crippen LogP contribution in [-0.4, -0.2) is 31.4 Å². The lowest BCUT2D eigenvalue weighted by Gasteiger charge is -2.22. The summed E-state index contributed by atoms with van der Waals surface area (Å²) in [5.41, 5.74) is 3.84. The van der Waals surface area contributed by atoms with Gasteiger partial charge in [-0.3, -0.25) is 4.79 Å². The van der Waals surface area contributed by atoms with Gasteiger partial charge < -0.3 is 0 Å². The van der Waals surface area contributed by atoms with E-state index in [9.17, 15) is 13.2 Å². The SMILES string of the molecule is O=C(CN(Cc1ccccc1)S(=O)(=O)c1cc(Cl)ccc1Cl)N/N=C/c1cccc(Br)c1. The molecule has 6 nitrogen and oxygen atoms in total. The second-order valence-electron chi connectivity index (χ2n) is 6.68. The van der Waals surface area contributed by atoms with Gasteiger partial charge in [-0.05, 0) is 41.5 Å². The molecule has 32 heavy (non-hydrogen) atoms. The maximum atomic E-state index is 13.3. The van der Waals surface area contributed by atoms with Gasteiger partial charge in [-0.1, -0.05) is 81.6 Å². The number of hydrogen-bond donors (Lipinski definition) is 1. The number of hydrogen-bond acceptors (Lipinski definition) is 4. The van der Waals surface area contributed by atoms with Crippen LogP contribution in [0, 0.1) is 0 Å². The van der Waals surface area contributed by atoms with Crippen LogP contribution in [0.25, 0.3) is 0 Å². The molecule has 0 aliphatic carbocycles. The normalized spacial score (nSPS) is 11.8. The van der Waals surface area contributed by atoms with Crippen LogP contribution in [0.3, 0.4) is 0 Å². The van der Waals surface area contributed by atoms with Gasteiger partial charge in [0.15, 0.2) is 0 Å². The van der Waals surface area contributed by atoms with Crippen LogP contribution < -0.4 is 5.43 Å². The van der Waals surface area contributed by atoms with Crippen molar-refractivity contribution in [3.05, 3.63) is 98.4 Å². The van der Waals surface area contributed by atoms with Crippen LogP contribution in [0.4, 0.5) is 0 Å². The molecule has 1 amide bonds. The van der Waals surface area contributed by atoms with Crippen molar-refractivity contribution in [2.75, 3.05) is 6.54 Å². The van der Waals surface area contributed by atoms with Gasteiger partial charge >= 0.3 is 0 Å². The van der Waals surface area contributed by atoms with Crippen LogP contribution in [-0.2, 0) is 21.4 Å². The van der Waals surface area contributed by atoms with Gasteiger partial charge in [-0.15, -0.1) is 0 Å². The summed E-state index contributed by atoms with van der Waals surface area (Å²) in [7, 11) is -4.13. The third kappa shape index (κ3) is 6.63. The maximum absolute atomic E-state index is 13.3. The Labute approximate surface area is 205 Å². The Morgan fingerprint density at radius 2 is 1.78 bits per heavy atom. The highest BCUT2D eigenvalue weighted by Crippen LogP contribution is 2.28. The lowest BCUT2D eigenvalue weighted by molar-refractivity contribution is -0.121. The molecule has 0 radical (unpaired) electrons. The molecule has 0 bridgehead atoms. The maximum Gasteiger partial charge on any atom is 0.255 e. The summed E-state index contributed by atoms with van der Waals surface area (Å²) in [4.78, 5) is 12.4. The van der Waals surface area contributed by atoms with Gasteiger partial charge in [0.2, 0.25) is 10.0 Å². The molecule has 1 N–H and O–H groups in total. The number of nitrogens with one attached hydrogen (secondary N) is 1. The summed E-state index contributed by atoms with van der Waals surface area (Å²) in [6.07, 6.45) is 1.46. The minimum Gasteiger partial charge on any atom is -0.272 e. The summed E-state index contributed by atoms with van der Waals surface area (Å²) in [5.74, 6) is -0.603. The van der Waals surface area contributed by atoms with E-state index in [1.165, 1.54) is 24.4 Å². The van der Waals surface area contributed by atoms with Gasteiger partial charge in [-0.25, -0.2) is 13.8 Å². The summed E-state index contributed by atoms with van der Waals surface area (Å²) in [6, 6.07) is 20.4. The Kier molecular flexibility index (Phi) is 8.44. The van der Waals surface area contributed by atoms with Gasteiger partial charge in [0.1, 0.15) is 4.90 Å². The molecule has 3 aromatic carbocycles. The van der Waals surface area contributed by atoms with E-state index < -0.39 is 22.5 Å². The zero-order valence-corrected chi connectivity index (χ0v) is 20.5. The summed E-state index contributed by atoms with van der Waals surface area (Å²) < 4.78 is 28.6. The molecule has 0 aliphatic rings. The van der Waals surface area contributed by atoms with Crippen molar-refractivity contribution < 1.29 is 13.2 Å². The first-order valence-corrected chi connectivity index (χ1v) is 12.3. The third-order valence-electron chi connectivity index (χ3n) is 4.28. The standard InChI is InChI=1S/C22H18BrCl2N3O3S/c23-18-8-4-7-17(11-18)13-26-27-22(29)15-28(14-16-5-2-1-3-6-16)32(30,31)21-12-19(24)9-10-20(21)25/h1-13H,14-15H2,(H,27,29)/b26-13+.